The topological polar surface area (TPSA) is 58.4 Å². The Balaban J connectivity index is 2.44. The molecule has 0 atom stereocenters. The van der Waals surface area contributed by atoms with Gasteiger partial charge in [-0.05, 0) is 32.2 Å². The molecule has 0 aromatic carbocycles. The van der Waals surface area contributed by atoms with Gasteiger partial charge in [0.2, 0.25) is 5.91 Å². The van der Waals surface area contributed by atoms with Crippen molar-refractivity contribution in [1.82, 2.24) is 10.2 Å². The van der Waals surface area contributed by atoms with Crippen LogP contribution in [0.15, 0.2) is 0 Å². The quantitative estimate of drug-likeness (QED) is 0.611. The van der Waals surface area contributed by atoms with E-state index >= 15 is 0 Å². The van der Waals surface area contributed by atoms with E-state index in [2.05, 4.69) is 31.0 Å². The zero-order chi connectivity index (χ0) is 15.0. The van der Waals surface area contributed by atoms with Gasteiger partial charge in [0.25, 0.3) is 0 Å². The van der Waals surface area contributed by atoms with Gasteiger partial charge in [0.15, 0.2) is 0 Å². The summed E-state index contributed by atoms with van der Waals surface area (Å²) in [6, 6.07) is 0.766. The lowest BCUT2D eigenvalue weighted by Gasteiger charge is -2.31. The van der Waals surface area contributed by atoms with Gasteiger partial charge in [0.1, 0.15) is 0 Å². The molecule has 0 heterocycles. The third kappa shape index (κ3) is 4.74. The summed E-state index contributed by atoms with van der Waals surface area (Å²) in [6.45, 7) is 9.69. The van der Waals surface area contributed by atoms with Crippen LogP contribution in [0.25, 0.3) is 0 Å². The minimum Gasteiger partial charge on any atom is -0.354 e. The molecule has 1 aliphatic carbocycles. The fourth-order valence-electron chi connectivity index (χ4n) is 3.15. The molecule has 1 saturated carbocycles. The van der Waals surface area contributed by atoms with E-state index in [4.69, 9.17) is 5.73 Å². The minimum absolute atomic E-state index is 0.163. The average Bonchev–Trinajstić information content (AvgIpc) is 3.27. The van der Waals surface area contributed by atoms with Gasteiger partial charge in [-0.3, -0.25) is 9.69 Å². The molecule has 0 saturated heterocycles. The monoisotopic (exact) mass is 283 g/mol. The Labute approximate surface area is 124 Å². The lowest BCUT2D eigenvalue weighted by atomic mass is 9.78. The van der Waals surface area contributed by atoms with E-state index in [1.165, 1.54) is 12.8 Å². The van der Waals surface area contributed by atoms with E-state index in [9.17, 15) is 4.79 Å². The van der Waals surface area contributed by atoms with Crippen LogP contribution in [0.2, 0.25) is 0 Å². The molecule has 1 rings (SSSR count). The summed E-state index contributed by atoms with van der Waals surface area (Å²) < 4.78 is 0. The number of carbonyl (C=O) groups excluding carboxylic acids is 1. The number of hydrogen-bond acceptors (Lipinski definition) is 3. The van der Waals surface area contributed by atoms with E-state index in [-0.39, 0.29) is 11.3 Å². The first-order valence-corrected chi connectivity index (χ1v) is 8.36. The second-order valence-electron chi connectivity index (χ2n) is 6.10. The Bertz CT molecular complexity index is 283. The molecule has 118 valence electrons. The molecule has 0 aromatic rings. The molecular formula is C16H33N3O. The number of amides is 1. The number of nitrogens with zero attached hydrogens (tertiary/aromatic N) is 1. The molecule has 1 fully saturated rings. The third-order valence-electron chi connectivity index (χ3n) is 4.48. The Hall–Kier alpha value is -0.610. The first-order chi connectivity index (χ1) is 9.63. The zero-order valence-corrected chi connectivity index (χ0v) is 13.6. The standard InChI is InChI=1S/C16H33N3O/c1-4-9-16(13-17,10-5-2)15(20)18-11-12-19(6-3)14-7-8-14/h14H,4-13,17H2,1-3H3,(H,18,20). The van der Waals surface area contributed by atoms with E-state index in [0.29, 0.717) is 6.54 Å². The summed E-state index contributed by atoms with van der Waals surface area (Å²) in [6.07, 6.45) is 6.44. The normalized spacial score (nSPS) is 15.7. The van der Waals surface area contributed by atoms with Crippen molar-refractivity contribution in [3.8, 4) is 0 Å². The van der Waals surface area contributed by atoms with Crippen LogP contribution in [-0.2, 0) is 4.79 Å². The van der Waals surface area contributed by atoms with E-state index in [1.807, 2.05) is 0 Å². The Kier molecular flexibility index (Phi) is 7.52. The van der Waals surface area contributed by atoms with Crippen LogP contribution in [0.1, 0.15) is 59.3 Å². The second-order valence-corrected chi connectivity index (χ2v) is 6.10. The molecular weight excluding hydrogens is 250 g/mol. The third-order valence-corrected chi connectivity index (χ3v) is 4.48. The van der Waals surface area contributed by atoms with Crippen LogP contribution < -0.4 is 11.1 Å². The Morgan fingerprint density at radius 2 is 1.85 bits per heavy atom. The van der Waals surface area contributed by atoms with Crippen molar-refractivity contribution in [3.05, 3.63) is 0 Å². The molecule has 0 spiro atoms. The molecule has 0 aliphatic heterocycles. The molecule has 1 aliphatic rings. The van der Waals surface area contributed by atoms with Gasteiger partial charge in [-0.2, -0.15) is 0 Å². The summed E-state index contributed by atoms with van der Waals surface area (Å²) in [5.74, 6) is 0.163. The van der Waals surface area contributed by atoms with Crippen molar-refractivity contribution >= 4 is 5.91 Å². The molecule has 0 unspecified atom stereocenters. The first kappa shape index (κ1) is 17.4. The Morgan fingerprint density at radius 3 is 2.25 bits per heavy atom. The first-order valence-electron chi connectivity index (χ1n) is 8.36. The van der Waals surface area contributed by atoms with Gasteiger partial charge in [-0.15, -0.1) is 0 Å². The number of nitrogens with one attached hydrogen (secondary N) is 1. The van der Waals surface area contributed by atoms with Gasteiger partial charge in [0, 0.05) is 25.7 Å². The van der Waals surface area contributed by atoms with Gasteiger partial charge in [-0.25, -0.2) is 0 Å². The number of hydrogen-bond donors (Lipinski definition) is 2. The van der Waals surface area contributed by atoms with Crippen molar-refractivity contribution in [2.75, 3.05) is 26.2 Å². The second kappa shape index (κ2) is 8.63. The maximum atomic E-state index is 12.5. The van der Waals surface area contributed by atoms with Crippen LogP contribution in [0.3, 0.4) is 0 Å². The highest BCUT2D eigenvalue weighted by molar-refractivity contribution is 5.82. The highest BCUT2D eigenvalue weighted by Crippen LogP contribution is 2.29. The summed E-state index contributed by atoms with van der Waals surface area (Å²) in [5, 5.41) is 3.13. The van der Waals surface area contributed by atoms with Crippen molar-refractivity contribution in [2.24, 2.45) is 11.1 Å². The van der Waals surface area contributed by atoms with Crippen LogP contribution in [0.4, 0.5) is 0 Å². The Morgan fingerprint density at radius 1 is 1.25 bits per heavy atom. The lowest BCUT2D eigenvalue weighted by molar-refractivity contribution is -0.131. The fraction of sp³-hybridized carbons (Fsp3) is 0.938. The molecule has 3 N–H and O–H groups in total. The largest absolute Gasteiger partial charge is 0.354 e. The lowest BCUT2D eigenvalue weighted by Crippen LogP contribution is -2.48. The molecule has 20 heavy (non-hydrogen) atoms. The van der Waals surface area contributed by atoms with Crippen molar-refractivity contribution in [3.63, 3.8) is 0 Å². The predicted molar refractivity (Wildman–Crippen MR) is 84.6 cm³/mol. The van der Waals surface area contributed by atoms with E-state index in [0.717, 1.165) is 51.4 Å². The molecule has 0 radical (unpaired) electrons. The molecule has 0 bridgehead atoms. The molecule has 4 heteroatoms. The van der Waals surface area contributed by atoms with Crippen molar-refractivity contribution in [2.45, 2.75) is 65.3 Å². The minimum atomic E-state index is -0.347. The predicted octanol–water partition coefficient (Wildman–Crippen LogP) is 2.13. The van der Waals surface area contributed by atoms with Crippen LogP contribution in [0.5, 0.6) is 0 Å². The summed E-state index contributed by atoms with van der Waals surface area (Å²) >= 11 is 0. The van der Waals surface area contributed by atoms with Crippen molar-refractivity contribution < 1.29 is 4.79 Å². The van der Waals surface area contributed by atoms with E-state index in [1.54, 1.807) is 0 Å². The maximum absolute atomic E-state index is 12.5. The summed E-state index contributed by atoms with van der Waals surface area (Å²) in [4.78, 5) is 15.0. The van der Waals surface area contributed by atoms with Crippen LogP contribution in [-0.4, -0.2) is 43.0 Å². The smallest absolute Gasteiger partial charge is 0.227 e. The SMILES string of the molecule is CCCC(CN)(CCC)C(=O)NCCN(CC)C1CC1. The highest BCUT2D eigenvalue weighted by Gasteiger charge is 2.35. The van der Waals surface area contributed by atoms with Crippen LogP contribution in [0, 0.1) is 5.41 Å². The van der Waals surface area contributed by atoms with Gasteiger partial charge < -0.3 is 11.1 Å². The molecule has 0 aromatic heterocycles. The maximum Gasteiger partial charge on any atom is 0.227 e. The van der Waals surface area contributed by atoms with Gasteiger partial charge in [-0.1, -0.05) is 33.6 Å². The van der Waals surface area contributed by atoms with Crippen LogP contribution >= 0.6 is 0 Å². The number of rotatable bonds is 11. The summed E-state index contributed by atoms with van der Waals surface area (Å²) in [7, 11) is 0. The van der Waals surface area contributed by atoms with Crippen molar-refractivity contribution in [1.29, 1.82) is 0 Å². The number of likely N-dealkylation sites (N-methyl/N-ethyl adjacent to an activating group) is 1. The average molecular weight is 283 g/mol. The van der Waals surface area contributed by atoms with E-state index < -0.39 is 0 Å². The summed E-state index contributed by atoms with van der Waals surface area (Å²) in [5.41, 5.74) is 5.58. The van der Waals surface area contributed by atoms with Gasteiger partial charge in [0.05, 0.1) is 5.41 Å². The molecule has 1 amide bonds. The fourth-order valence-corrected chi connectivity index (χ4v) is 3.15. The molecule has 4 nitrogen and oxygen atoms in total. The number of carbonyl (C=O) groups is 1. The number of nitrogens with two attached hydrogens (primary N) is 1. The zero-order valence-electron chi connectivity index (χ0n) is 13.6. The highest BCUT2D eigenvalue weighted by atomic mass is 16.2. The van der Waals surface area contributed by atoms with Gasteiger partial charge >= 0.3 is 0 Å².